The fourth-order valence-corrected chi connectivity index (χ4v) is 2.13. The van der Waals surface area contributed by atoms with Gasteiger partial charge in [-0.25, -0.2) is 4.98 Å². The highest BCUT2D eigenvalue weighted by Gasteiger charge is 2.05. The molecule has 0 fully saturated rings. The van der Waals surface area contributed by atoms with Gasteiger partial charge in [0, 0.05) is 18.9 Å². The molecule has 1 heterocycles. The predicted octanol–water partition coefficient (Wildman–Crippen LogP) is 3.47. The number of nitrogens with zero attached hydrogens (tertiary/aromatic N) is 1. The zero-order chi connectivity index (χ0) is 15.1. The number of aryl methyl sites for hydroxylation is 1. The van der Waals surface area contributed by atoms with Crippen molar-refractivity contribution in [1.82, 2.24) is 4.98 Å². The van der Waals surface area contributed by atoms with E-state index >= 15 is 0 Å². The van der Waals surface area contributed by atoms with Crippen LogP contribution < -0.4 is 4.74 Å². The van der Waals surface area contributed by atoms with Gasteiger partial charge in [0.25, 0.3) is 0 Å². The summed E-state index contributed by atoms with van der Waals surface area (Å²) < 4.78 is 10.9. The third-order valence-corrected chi connectivity index (χ3v) is 3.04. The van der Waals surface area contributed by atoms with Gasteiger partial charge < -0.3 is 14.6 Å². The first-order chi connectivity index (χ1) is 10.2. The number of benzene rings is 1. The van der Waals surface area contributed by atoms with E-state index in [9.17, 15) is 5.11 Å². The number of hydrogen-bond donors (Lipinski definition) is 1. The zero-order valence-electron chi connectivity index (χ0n) is 12.5. The Labute approximate surface area is 125 Å². The Morgan fingerprint density at radius 1 is 1.14 bits per heavy atom. The Kier molecular flexibility index (Phi) is 5.72. The second kappa shape index (κ2) is 7.76. The molecular weight excluding hydrogens is 266 g/mol. The molecule has 4 heteroatoms. The SMILES string of the molecule is CCCc1cc(CO)cc(Oc2cccc(COC)c2)n1. The highest BCUT2D eigenvalue weighted by molar-refractivity contribution is 5.33. The first kappa shape index (κ1) is 15.5. The molecule has 0 radical (unpaired) electrons. The van der Waals surface area contributed by atoms with Crippen LogP contribution in [0.2, 0.25) is 0 Å². The highest BCUT2D eigenvalue weighted by Crippen LogP contribution is 2.23. The molecule has 2 rings (SSSR count). The fourth-order valence-electron chi connectivity index (χ4n) is 2.13. The summed E-state index contributed by atoms with van der Waals surface area (Å²) in [5.74, 6) is 1.23. The van der Waals surface area contributed by atoms with Crippen LogP contribution in [0.15, 0.2) is 36.4 Å². The first-order valence-corrected chi connectivity index (χ1v) is 7.11. The minimum absolute atomic E-state index is 0.0146. The van der Waals surface area contributed by atoms with Crippen LogP contribution in [0, 0.1) is 0 Å². The molecule has 0 aliphatic carbocycles. The number of aliphatic hydroxyl groups excluding tert-OH is 1. The van der Waals surface area contributed by atoms with Gasteiger partial charge in [0.05, 0.1) is 13.2 Å². The highest BCUT2D eigenvalue weighted by atomic mass is 16.5. The normalized spacial score (nSPS) is 10.6. The molecule has 0 bridgehead atoms. The Morgan fingerprint density at radius 3 is 2.71 bits per heavy atom. The second-order valence-electron chi connectivity index (χ2n) is 4.90. The summed E-state index contributed by atoms with van der Waals surface area (Å²) >= 11 is 0. The van der Waals surface area contributed by atoms with Crippen molar-refractivity contribution in [2.45, 2.75) is 33.0 Å². The molecule has 0 spiro atoms. The lowest BCUT2D eigenvalue weighted by Gasteiger charge is -2.10. The van der Waals surface area contributed by atoms with Crippen LogP contribution >= 0.6 is 0 Å². The lowest BCUT2D eigenvalue weighted by molar-refractivity contribution is 0.184. The Morgan fingerprint density at radius 2 is 2.00 bits per heavy atom. The zero-order valence-corrected chi connectivity index (χ0v) is 12.5. The van der Waals surface area contributed by atoms with E-state index < -0.39 is 0 Å². The fraction of sp³-hybridized carbons (Fsp3) is 0.353. The molecule has 112 valence electrons. The van der Waals surface area contributed by atoms with Crippen LogP contribution in [0.25, 0.3) is 0 Å². The quantitative estimate of drug-likeness (QED) is 0.847. The lowest BCUT2D eigenvalue weighted by atomic mass is 10.2. The number of aromatic nitrogens is 1. The molecule has 1 aromatic heterocycles. The molecular formula is C17H21NO3. The van der Waals surface area contributed by atoms with Crippen molar-refractivity contribution in [2.75, 3.05) is 7.11 Å². The maximum atomic E-state index is 9.34. The van der Waals surface area contributed by atoms with Crippen molar-refractivity contribution in [2.24, 2.45) is 0 Å². The molecule has 0 atom stereocenters. The van der Waals surface area contributed by atoms with Crippen LogP contribution in [0.1, 0.15) is 30.2 Å². The first-order valence-electron chi connectivity index (χ1n) is 7.11. The van der Waals surface area contributed by atoms with Gasteiger partial charge in [0.15, 0.2) is 0 Å². The average Bonchev–Trinajstić information content (AvgIpc) is 2.48. The predicted molar refractivity (Wildman–Crippen MR) is 81.4 cm³/mol. The molecule has 0 amide bonds. The summed E-state index contributed by atoms with van der Waals surface area (Å²) in [7, 11) is 1.66. The Bertz CT molecular complexity index is 584. The van der Waals surface area contributed by atoms with Gasteiger partial charge in [-0.05, 0) is 35.7 Å². The lowest BCUT2D eigenvalue weighted by Crippen LogP contribution is -1.97. The number of aliphatic hydroxyl groups is 1. The van der Waals surface area contributed by atoms with Crippen molar-refractivity contribution < 1.29 is 14.6 Å². The van der Waals surface area contributed by atoms with Gasteiger partial charge in [-0.3, -0.25) is 0 Å². The number of ether oxygens (including phenoxy) is 2. The van der Waals surface area contributed by atoms with Crippen molar-refractivity contribution in [3.05, 3.63) is 53.2 Å². The molecule has 0 unspecified atom stereocenters. The third-order valence-electron chi connectivity index (χ3n) is 3.04. The van der Waals surface area contributed by atoms with E-state index in [1.807, 2.05) is 30.3 Å². The van der Waals surface area contributed by atoms with E-state index in [4.69, 9.17) is 9.47 Å². The van der Waals surface area contributed by atoms with Crippen LogP contribution in [-0.2, 0) is 24.4 Å². The molecule has 2 aromatic rings. The minimum atomic E-state index is -0.0146. The topological polar surface area (TPSA) is 51.6 Å². The van der Waals surface area contributed by atoms with Gasteiger partial charge in [0.2, 0.25) is 5.88 Å². The minimum Gasteiger partial charge on any atom is -0.439 e. The van der Waals surface area contributed by atoms with Crippen LogP contribution in [0.5, 0.6) is 11.6 Å². The van der Waals surface area contributed by atoms with Crippen LogP contribution in [-0.4, -0.2) is 17.2 Å². The number of pyridine rings is 1. The van der Waals surface area contributed by atoms with E-state index in [1.165, 1.54) is 0 Å². The standard InChI is InChI=1S/C17H21NO3/c1-3-5-15-8-14(11-19)10-17(18-15)21-16-7-4-6-13(9-16)12-20-2/h4,6-10,19H,3,5,11-12H2,1-2H3. The van der Waals surface area contributed by atoms with Crippen LogP contribution in [0.4, 0.5) is 0 Å². The molecule has 4 nitrogen and oxygen atoms in total. The summed E-state index contributed by atoms with van der Waals surface area (Å²) in [5, 5.41) is 9.34. The van der Waals surface area contributed by atoms with E-state index in [0.29, 0.717) is 12.5 Å². The van der Waals surface area contributed by atoms with Crippen molar-refractivity contribution in [1.29, 1.82) is 0 Å². The molecule has 21 heavy (non-hydrogen) atoms. The van der Waals surface area contributed by atoms with E-state index in [2.05, 4.69) is 11.9 Å². The number of methoxy groups -OCH3 is 1. The van der Waals surface area contributed by atoms with Gasteiger partial charge >= 0.3 is 0 Å². The number of hydrogen-bond acceptors (Lipinski definition) is 4. The van der Waals surface area contributed by atoms with Gasteiger partial charge in [-0.2, -0.15) is 0 Å². The van der Waals surface area contributed by atoms with Crippen LogP contribution in [0.3, 0.4) is 0 Å². The van der Waals surface area contributed by atoms with Gasteiger partial charge in [-0.15, -0.1) is 0 Å². The van der Waals surface area contributed by atoms with Crippen molar-refractivity contribution in [3.8, 4) is 11.6 Å². The molecule has 0 saturated heterocycles. The largest absolute Gasteiger partial charge is 0.439 e. The van der Waals surface area contributed by atoms with E-state index in [1.54, 1.807) is 13.2 Å². The molecule has 0 saturated carbocycles. The summed E-state index contributed by atoms with van der Waals surface area (Å²) in [5.41, 5.74) is 2.80. The molecule has 1 aromatic carbocycles. The van der Waals surface area contributed by atoms with Gasteiger partial charge in [-0.1, -0.05) is 25.5 Å². The Balaban J connectivity index is 2.21. The molecule has 0 aliphatic rings. The van der Waals surface area contributed by atoms with Crippen molar-refractivity contribution in [3.63, 3.8) is 0 Å². The van der Waals surface area contributed by atoms with Gasteiger partial charge in [0.1, 0.15) is 5.75 Å². The molecule has 1 N–H and O–H groups in total. The second-order valence-corrected chi connectivity index (χ2v) is 4.90. The smallest absolute Gasteiger partial charge is 0.219 e. The van der Waals surface area contributed by atoms with E-state index in [0.717, 1.165) is 35.4 Å². The molecule has 0 aliphatic heterocycles. The Hall–Kier alpha value is -1.91. The van der Waals surface area contributed by atoms with Crippen molar-refractivity contribution >= 4 is 0 Å². The number of rotatable bonds is 7. The summed E-state index contributed by atoms with van der Waals surface area (Å²) in [6.07, 6.45) is 1.87. The summed E-state index contributed by atoms with van der Waals surface area (Å²) in [6.45, 7) is 2.63. The summed E-state index contributed by atoms with van der Waals surface area (Å²) in [4.78, 5) is 4.48. The summed E-state index contributed by atoms with van der Waals surface area (Å²) in [6, 6.07) is 11.4. The maximum Gasteiger partial charge on any atom is 0.219 e. The third kappa shape index (κ3) is 4.55. The maximum absolute atomic E-state index is 9.34. The monoisotopic (exact) mass is 287 g/mol. The average molecular weight is 287 g/mol. The van der Waals surface area contributed by atoms with E-state index in [-0.39, 0.29) is 6.61 Å².